The van der Waals surface area contributed by atoms with E-state index in [0.29, 0.717) is 11.8 Å². The first kappa shape index (κ1) is 19.2. The van der Waals surface area contributed by atoms with E-state index in [4.69, 9.17) is 0 Å². The molecule has 0 aliphatic carbocycles. The number of rotatable bonds is 6. The maximum atomic E-state index is 12.2. The molecule has 0 fully saturated rings. The van der Waals surface area contributed by atoms with Crippen molar-refractivity contribution in [2.75, 3.05) is 5.75 Å². The second kappa shape index (κ2) is 7.83. The third-order valence-corrected chi connectivity index (χ3v) is 4.51. The molecule has 0 saturated heterocycles. The summed E-state index contributed by atoms with van der Waals surface area (Å²) in [5.74, 6) is -3.35. The highest BCUT2D eigenvalue weighted by molar-refractivity contribution is 8.14. The van der Waals surface area contributed by atoms with Crippen molar-refractivity contribution < 1.29 is 29.7 Å². The monoisotopic (exact) mass is 377 g/mol. The van der Waals surface area contributed by atoms with E-state index in [0.717, 1.165) is 0 Å². The van der Waals surface area contributed by atoms with Gasteiger partial charge in [0, 0.05) is 18.1 Å². The molecule has 9 nitrogen and oxygen atoms in total. The lowest BCUT2D eigenvalue weighted by molar-refractivity contribution is -0.142. The second-order valence-electron chi connectivity index (χ2n) is 5.41. The number of aliphatic carboxylic acids is 1. The maximum Gasteiger partial charge on any atom is 0.330 e. The minimum Gasteiger partial charge on any atom is -0.506 e. The largest absolute Gasteiger partial charge is 0.506 e. The topological polar surface area (TPSA) is 150 Å². The predicted molar refractivity (Wildman–Crippen MR) is 92.1 cm³/mol. The normalized spacial score (nSPS) is 12.8. The standard InChI is InChI=1S/C16H15N3O6S/c1-16(15(24)25,19-13(22)11-9(20)4-2-6-17-11)8-26-14(23)12-10(21)5-3-7-18-12/h2-7,20-21H,8H2,1H3,(H,19,22)(H,24,25)/t16-/m0/s1. The highest BCUT2D eigenvalue weighted by Gasteiger charge is 2.37. The first-order chi connectivity index (χ1) is 12.2. The van der Waals surface area contributed by atoms with Gasteiger partial charge in [-0.3, -0.25) is 9.59 Å². The fourth-order valence-electron chi connectivity index (χ4n) is 1.87. The summed E-state index contributed by atoms with van der Waals surface area (Å²) >= 11 is 0.580. The van der Waals surface area contributed by atoms with Crippen molar-refractivity contribution >= 4 is 28.8 Å². The van der Waals surface area contributed by atoms with E-state index >= 15 is 0 Å². The van der Waals surface area contributed by atoms with Gasteiger partial charge < -0.3 is 20.6 Å². The molecule has 0 unspecified atom stereocenters. The van der Waals surface area contributed by atoms with Gasteiger partial charge in [0.05, 0.1) is 0 Å². The van der Waals surface area contributed by atoms with Gasteiger partial charge in [0.2, 0.25) is 5.12 Å². The smallest absolute Gasteiger partial charge is 0.330 e. The Bertz CT molecular complexity index is 859. The summed E-state index contributed by atoms with van der Waals surface area (Å²) in [5.41, 5.74) is -2.37. The minimum atomic E-state index is -1.83. The van der Waals surface area contributed by atoms with Gasteiger partial charge in [-0.15, -0.1) is 0 Å². The van der Waals surface area contributed by atoms with E-state index in [9.17, 15) is 29.7 Å². The van der Waals surface area contributed by atoms with Gasteiger partial charge in [0.1, 0.15) is 17.0 Å². The van der Waals surface area contributed by atoms with E-state index in [1.165, 1.54) is 43.6 Å². The van der Waals surface area contributed by atoms with Crippen molar-refractivity contribution in [3.8, 4) is 11.5 Å². The van der Waals surface area contributed by atoms with E-state index in [2.05, 4.69) is 15.3 Å². The molecule has 2 aromatic rings. The van der Waals surface area contributed by atoms with Crippen molar-refractivity contribution in [1.82, 2.24) is 15.3 Å². The zero-order valence-corrected chi connectivity index (χ0v) is 14.4. The van der Waals surface area contributed by atoms with E-state index in [-0.39, 0.29) is 22.9 Å². The van der Waals surface area contributed by atoms with Gasteiger partial charge in [-0.2, -0.15) is 0 Å². The number of carboxylic acids is 1. The Morgan fingerprint density at radius 2 is 1.62 bits per heavy atom. The van der Waals surface area contributed by atoms with Gasteiger partial charge in [-0.25, -0.2) is 14.8 Å². The van der Waals surface area contributed by atoms with Crippen LogP contribution in [-0.4, -0.2) is 53.6 Å². The van der Waals surface area contributed by atoms with Crippen LogP contribution >= 0.6 is 11.8 Å². The van der Waals surface area contributed by atoms with Gasteiger partial charge in [0.15, 0.2) is 11.4 Å². The molecule has 1 amide bonds. The summed E-state index contributed by atoms with van der Waals surface area (Å²) in [6.45, 7) is 1.21. The Morgan fingerprint density at radius 1 is 1.08 bits per heavy atom. The number of nitrogens with zero attached hydrogens (tertiary/aromatic N) is 2. The molecular formula is C16H15N3O6S. The Hall–Kier alpha value is -3.14. The molecule has 2 rings (SSSR count). The van der Waals surface area contributed by atoms with E-state index < -0.39 is 28.3 Å². The molecule has 0 bridgehead atoms. The molecule has 136 valence electrons. The number of hydrogen-bond acceptors (Lipinski definition) is 8. The Kier molecular flexibility index (Phi) is 5.78. The Labute approximate surface area is 152 Å². The summed E-state index contributed by atoms with van der Waals surface area (Å²) in [6, 6.07) is 5.37. The van der Waals surface area contributed by atoms with Crippen LogP contribution in [0.2, 0.25) is 0 Å². The van der Waals surface area contributed by atoms with Crippen LogP contribution in [0.25, 0.3) is 0 Å². The Balaban J connectivity index is 2.13. The number of carboxylic acid groups (broad SMARTS) is 1. The lowest BCUT2D eigenvalue weighted by Gasteiger charge is -2.25. The third-order valence-electron chi connectivity index (χ3n) is 3.33. The lowest BCUT2D eigenvalue weighted by atomic mass is 10.1. The molecule has 0 saturated carbocycles. The SMILES string of the molecule is C[C@@](CSC(=O)c1ncccc1O)(NC(=O)c1ncccc1O)C(=O)O. The predicted octanol–water partition coefficient (Wildman–Crippen LogP) is 1.03. The number of amides is 1. The first-order valence-electron chi connectivity index (χ1n) is 7.25. The summed E-state index contributed by atoms with van der Waals surface area (Å²) in [6.07, 6.45) is 2.59. The summed E-state index contributed by atoms with van der Waals surface area (Å²) in [4.78, 5) is 43.4. The van der Waals surface area contributed by atoms with Gasteiger partial charge in [-0.1, -0.05) is 11.8 Å². The van der Waals surface area contributed by atoms with Crippen molar-refractivity contribution in [3.05, 3.63) is 48.0 Å². The van der Waals surface area contributed by atoms with Gasteiger partial charge in [0.25, 0.3) is 5.91 Å². The molecule has 4 N–H and O–H groups in total. The number of aromatic nitrogens is 2. The van der Waals surface area contributed by atoms with Crippen LogP contribution in [0.4, 0.5) is 0 Å². The van der Waals surface area contributed by atoms with Crippen LogP contribution in [0.3, 0.4) is 0 Å². The van der Waals surface area contributed by atoms with Crippen LogP contribution in [-0.2, 0) is 4.79 Å². The van der Waals surface area contributed by atoms with Crippen molar-refractivity contribution in [1.29, 1.82) is 0 Å². The van der Waals surface area contributed by atoms with Crippen molar-refractivity contribution in [2.45, 2.75) is 12.5 Å². The van der Waals surface area contributed by atoms with Crippen LogP contribution < -0.4 is 5.32 Å². The number of hydrogen-bond donors (Lipinski definition) is 4. The fourth-order valence-corrected chi connectivity index (χ4v) is 2.77. The summed E-state index contributed by atoms with van der Waals surface area (Å²) in [5, 5.41) is 30.3. The molecule has 26 heavy (non-hydrogen) atoms. The molecule has 1 atom stereocenters. The third kappa shape index (κ3) is 4.28. The quantitative estimate of drug-likeness (QED) is 0.579. The second-order valence-corrected chi connectivity index (χ2v) is 6.36. The van der Waals surface area contributed by atoms with Crippen molar-refractivity contribution in [3.63, 3.8) is 0 Å². The maximum absolute atomic E-state index is 12.2. The molecule has 0 radical (unpaired) electrons. The lowest BCUT2D eigenvalue weighted by Crippen LogP contribution is -2.54. The number of thioether (sulfide) groups is 1. The first-order valence-corrected chi connectivity index (χ1v) is 8.24. The van der Waals surface area contributed by atoms with E-state index in [1.54, 1.807) is 0 Å². The average molecular weight is 377 g/mol. The molecule has 0 aliphatic heterocycles. The molecule has 0 aliphatic rings. The number of pyridine rings is 2. The summed E-state index contributed by atoms with van der Waals surface area (Å²) < 4.78 is 0. The van der Waals surface area contributed by atoms with E-state index in [1.807, 2.05) is 0 Å². The number of aromatic hydroxyl groups is 2. The molecular weight excluding hydrogens is 362 g/mol. The van der Waals surface area contributed by atoms with Gasteiger partial charge in [-0.05, 0) is 31.2 Å². The Morgan fingerprint density at radius 3 is 2.12 bits per heavy atom. The van der Waals surface area contributed by atoms with Crippen LogP contribution in [0.5, 0.6) is 11.5 Å². The molecule has 2 aromatic heterocycles. The molecule has 2 heterocycles. The average Bonchev–Trinajstić information content (AvgIpc) is 2.60. The fraction of sp³-hybridized carbons (Fsp3) is 0.188. The minimum absolute atomic E-state index is 0.209. The van der Waals surface area contributed by atoms with Crippen LogP contribution in [0, 0.1) is 0 Å². The van der Waals surface area contributed by atoms with Crippen molar-refractivity contribution in [2.24, 2.45) is 0 Å². The zero-order valence-electron chi connectivity index (χ0n) is 13.5. The van der Waals surface area contributed by atoms with Gasteiger partial charge >= 0.3 is 5.97 Å². The van der Waals surface area contributed by atoms with Crippen LogP contribution in [0.1, 0.15) is 27.9 Å². The zero-order chi connectivity index (χ0) is 19.3. The highest BCUT2D eigenvalue weighted by atomic mass is 32.2. The number of carbonyl (C=O) groups excluding carboxylic acids is 2. The van der Waals surface area contributed by atoms with Crippen LogP contribution in [0.15, 0.2) is 36.7 Å². The molecule has 0 aromatic carbocycles. The molecule has 0 spiro atoms. The molecule has 10 heteroatoms. The number of carbonyl (C=O) groups is 3. The number of nitrogens with one attached hydrogen (secondary N) is 1. The summed E-state index contributed by atoms with van der Waals surface area (Å²) in [7, 11) is 0. The highest BCUT2D eigenvalue weighted by Crippen LogP contribution is 2.23.